The number of Topliss-reactive ketones (excluding diaryl/α,β-unsaturated/α-hetero) is 1. The zero-order chi connectivity index (χ0) is 38.0. The zero-order valence-electron chi connectivity index (χ0n) is 28.2. The van der Waals surface area contributed by atoms with E-state index >= 15 is 8.78 Å². The van der Waals surface area contributed by atoms with E-state index in [1.165, 1.54) is 19.2 Å². The number of carbonyl (C=O) groups excluding carboxylic acids is 2. The highest BCUT2D eigenvalue weighted by Crippen LogP contribution is 2.40. The summed E-state index contributed by atoms with van der Waals surface area (Å²) < 4.78 is 117. The number of hydrogen-bond donors (Lipinski definition) is 3. The molecule has 0 saturated heterocycles. The number of amides is 1. The van der Waals surface area contributed by atoms with E-state index in [-0.39, 0.29) is 17.4 Å². The van der Waals surface area contributed by atoms with E-state index in [0.717, 1.165) is 18.9 Å². The second kappa shape index (κ2) is 15.2. The number of aliphatic hydroxyl groups is 1. The summed E-state index contributed by atoms with van der Waals surface area (Å²) in [7, 11) is 1.48. The van der Waals surface area contributed by atoms with Gasteiger partial charge in [0.05, 0.1) is 28.6 Å². The minimum atomic E-state index is -4.98. The predicted octanol–water partition coefficient (Wildman–Crippen LogP) is 8.51. The number of aliphatic hydroxyl groups excluding tert-OH is 1. The Labute approximate surface area is 293 Å². The summed E-state index contributed by atoms with van der Waals surface area (Å²) in [5.74, 6) is -5.25. The molecule has 1 amide bonds. The van der Waals surface area contributed by atoms with E-state index in [1.807, 2.05) is 0 Å². The van der Waals surface area contributed by atoms with Crippen LogP contribution in [-0.2, 0) is 28.4 Å². The topological polar surface area (TPSA) is 113 Å². The van der Waals surface area contributed by atoms with Gasteiger partial charge in [0.1, 0.15) is 23.4 Å². The van der Waals surface area contributed by atoms with Crippen LogP contribution in [0.2, 0.25) is 0 Å². The molecule has 0 unspecified atom stereocenters. The van der Waals surface area contributed by atoms with E-state index in [1.54, 1.807) is 0 Å². The van der Waals surface area contributed by atoms with Crippen molar-refractivity contribution in [3.8, 4) is 17.0 Å². The molecule has 3 N–H and O–H groups in total. The van der Waals surface area contributed by atoms with Gasteiger partial charge in [0.2, 0.25) is 5.82 Å². The van der Waals surface area contributed by atoms with Crippen molar-refractivity contribution in [2.75, 3.05) is 12.4 Å². The van der Waals surface area contributed by atoms with Gasteiger partial charge in [-0.25, -0.2) is 14.4 Å². The third-order valence-electron chi connectivity index (χ3n) is 9.71. The summed E-state index contributed by atoms with van der Waals surface area (Å²) in [6, 6.07) is 4.72. The molecule has 0 spiro atoms. The van der Waals surface area contributed by atoms with Crippen molar-refractivity contribution in [2.45, 2.75) is 88.7 Å². The van der Waals surface area contributed by atoms with Crippen LogP contribution in [0.25, 0.3) is 11.3 Å². The van der Waals surface area contributed by atoms with Crippen molar-refractivity contribution < 1.29 is 54.6 Å². The largest absolute Gasteiger partial charge is 0.509 e. The first-order chi connectivity index (χ1) is 24.4. The van der Waals surface area contributed by atoms with Gasteiger partial charge in [0, 0.05) is 12.0 Å². The number of aryl methyl sites for hydroxylation is 1. The minimum Gasteiger partial charge on any atom is -0.509 e. The van der Waals surface area contributed by atoms with Gasteiger partial charge in [-0.2, -0.15) is 30.7 Å². The Balaban J connectivity index is 1.44. The molecule has 2 saturated carbocycles. The van der Waals surface area contributed by atoms with Crippen molar-refractivity contribution >= 4 is 17.4 Å². The molecule has 280 valence electrons. The Hall–Kier alpha value is -4.60. The molecule has 52 heavy (non-hydrogen) atoms. The van der Waals surface area contributed by atoms with E-state index in [9.17, 15) is 41.0 Å². The number of hydrogen-bond acceptors (Lipinski definition) is 7. The lowest BCUT2D eigenvalue weighted by Gasteiger charge is -2.41. The molecule has 16 heteroatoms. The number of benzene rings is 2. The molecule has 0 atom stereocenters. The van der Waals surface area contributed by atoms with Crippen LogP contribution < -0.4 is 15.4 Å². The highest BCUT2D eigenvalue weighted by molar-refractivity contribution is 6.24. The van der Waals surface area contributed by atoms with Gasteiger partial charge < -0.3 is 20.5 Å². The first-order valence-electron chi connectivity index (χ1n) is 16.6. The van der Waals surface area contributed by atoms with Crippen LogP contribution in [0, 0.1) is 17.6 Å². The van der Waals surface area contributed by atoms with E-state index in [2.05, 4.69) is 27.5 Å². The van der Waals surface area contributed by atoms with Crippen molar-refractivity contribution in [1.82, 2.24) is 15.3 Å². The van der Waals surface area contributed by atoms with Crippen molar-refractivity contribution in [3.05, 3.63) is 82.5 Å². The van der Waals surface area contributed by atoms with Gasteiger partial charge in [-0.1, -0.05) is 13.0 Å². The van der Waals surface area contributed by atoms with Crippen LogP contribution in [0.5, 0.6) is 5.75 Å². The smallest absolute Gasteiger partial charge is 0.433 e. The molecule has 0 radical (unpaired) electrons. The fourth-order valence-electron chi connectivity index (χ4n) is 6.38. The van der Waals surface area contributed by atoms with Gasteiger partial charge in [0.15, 0.2) is 17.3 Å². The summed E-state index contributed by atoms with van der Waals surface area (Å²) in [5.41, 5.74) is -6.66. The maximum absolute atomic E-state index is 15.2. The SMILES string of the molecule is CNC1(/C(O)=C(\C(=O)CCc2ccc(OC3CCC(C)CC3)c(F)c2F)C(=O)Nc2ccc(C(F)(F)F)cc2-c2cc(C(F)(F)F)ncn2)CCC1. The predicted molar refractivity (Wildman–Crippen MR) is 173 cm³/mol. The van der Waals surface area contributed by atoms with Gasteiger partial charge in [-0.3, -0.25) is 9.59 Å². The zero-order valence-corrected chi connectivity index (χ0v) is 28.2. The third-order valence-corrected chi connectivity index (χ3v) is 9.71. The fraction of sp³-hybridized carbons (Fsp3) is 0.444. The number of alkyl halides is 6. The third kappa shape index (κ3) is 8.37. The van der Waals surface area contributed by atoms with E-state index < -0.39 is 93.6 Å². The number of nitrogens with zero attached hydrogens (tertiary/aromatic N) is 2. The maximum Gasteiger partial charge on any atom is 0.433 e. The number of anilines is 1. The van der Waals surface area contributed by atoms with Crippen LogP contribution in [-0.4, -0.2) is 45.5 Å². The van der Waals surface area contributed by atoms with Crippen molar-refractivity contribution in [2.24, 2.45) is 5.92 Å². The van der Waals surface area contributed by atoms with E-state index in [0.29, 0.717) is 62.5 Å². The average molecular weight is 741 g/mol. The number of carbonyl (C=O) groups is 2. The number of ketones is 1. The molecule has 3 aromatic rings. The molecular formula is C36H36F8N4O4. The molecule has 0 aliphatic heterocycles. The number of aromatic nitrogens is 2. The summed E-state index contributed by atoms with van der Waals surface area (Å²) in [6.45, 7) is 2.10. The highest BCUT2D eigenvalue weighted by atomic mass is 19.4. The maximum atomic E-state index is 15.2. The number of likely N-dealkylation sites (N-methyl/N-ethyl adjacent to an activating group) is 1. The Morgan fingerprint density at radius 3 is 2.23 bits per heavy atom. The van der Waals surface area contributed by atoms with Gasteiger partial charge in [-0.15, -0.1) is 0 Å². The Kier molecular flexibility index (Phi) is 11.3. The van der Waals surface area contributed by atoms with Crippen LogP contribution in [0.3, 0.4) is 0 Å². The lowest BCUT2D eigenvalue weighted by atomic mass is 9.73. The lowest BCUT2D eigenvalue weighted by Crippen LogP contribution is -2.52. The van der Waals surface area contributed by atoms with Crippen molar-refractivity contribution in [1.29, 1.82) is 0 Å². The molecule has 8 nitrogen and oxygen atoms in total. The monoisotopic (exact) mass is 740 g/mol. The molecule has 2 aliphatic rings. The van der Waals surface area contributed by atoms with Crippen LogP contribution in [0.15, 0.2) is 54.1 Å². The highest BCUT2D eigenvalue weighted by Gasteiger charge is 2.44. The van der Waals surface area contributed by atoms with Crippen molar-refractivity contribution in [3.63, 3.8) is 0 Å². The fourth-order valence-corrected chi connectivity index (χ4v) is 6.38. The summed E-state index contributed by atoms with van der Waals surface area (Å²) in [4.78, 5) is 34.3. The Morgan fingerprint density at radius 2 is 1.63 bits per heavy atom. The first-order valence-corrected chi connectivity index (χ1v) is 16.6. The Morgan fingerprint density at radius 1 is 0.942 bits per heavy atom. The molecule has 1 heterocycles. The average Bonchev–Trinajstić information content (AvgIpc) is 3.06. The van der Waals surface area contributed by atoms with Gasteiger partial charge in [-0.05, 0) is 100 Å². The molecule has 5 rings (SSSR count). The number of ether oxygens (including phenoxy) is 1. The second-order valence-corrected chi connectivity index (χ2v) is 13.2. The number of halogens is 8. The van der Waals surface area contributed by atoms with Crippen LogP contribution in [0.4, 0.5) is 40.8 Å². The standard InChI is InChI=1S/C36H36F8N4O4/c1-19-4-9-22(10-5-19)52-27-13-7-20(30(37)31(27)38)6-12-26(49)29(32(50)34(45-2)14-3-15-34)33(51)48-24-11-8-21(35(39,40)41)16-23(24)25-17-28(36(42,43)44)47-18-46-25/h7-8,11,13,16-19,22,45,50H,3-6,9-10,12,14-15H2,1-2H3,(H,48,51)/b32-29-. The minimum absolute atomic E-state index is 0.212. The quantitative estimate of drug-likeness (QED) is 0.0594. The number of nitrogens with one attached hydrogen (secondary N) is 2. The number of rotatable bonds is 11. The summed E-state index contributed by atoms with van der Waals surface area (Å²) in [5, 5.41) is 16.5. The first kappa shape index (κ1) is 38.6. The summed E-state index contributed by atoms with van der Waals surface area (Å²) in [6.07, 6.45) is -6.36. The molecule has 1 aromatic heterocycles. The van der Waals surface area contributed by atoms with Crippen LogP contribution >= 0.6 is 0 Å². The summed E-state index contributed by atoms with van der Waals surface area (Å²) >= 11 is 0. The molecule has 2 aromatic carbocycles. The molecule has 2 aliphatic carbocycles. The molecule has 2 fully saturated rings. The Bertz CT molecular complexity index is 1840. The second-order valence-electron chi connectivity index (χ2n) is 13.2. The lowest BCUT2D eigenvalue weighted by molar-refractivity contribution is -0.141. The molecular weight excluding hydrogens is 704 g/mol. The van der Waals surface area contributed by atoms with Gasteiger partial charge in [0.25, 0.3) is 5.91 Å². The normalized spacial score (nSPS) is 19.3. The molecule has 0 bridgehead atoms. The van der Waals surface area contributed by atoms with E-state index in [4.69, 9.17) is 4.74 Å². The van der Waals surface area contributed by atoms with Gasteiger partial charge >= 0.3 is 12.4 Å². The van der Waals surface area contributed by atoms with Crippen LogP contribution in [0.1, 0.15) is 75.1 Å².